The van der Waals surface area contributed by atoms with Crippen LogP contribution in [0.15, 0.2) is 53.9 Å². The Kier molecular flexibility index (Phi) is 5.56. The Hall–Kier alpha value is -1.43. The molecule has 0 spiro atoms. The van der Waals surface area contributed by atoms with Gasteiger partial charge in [-0.05, 0) is 47.1 Å². The van der Waals surface area contributed by atoms with Crippen molar-refractivity contribution in [3.63, 3.8) is 0 Å². The Bertz CT molecular complexity index is 636. The minimum atomic E-state index is -4.35. The van der Waals surface area contributed by atoms with Crippen molar-refractivity contribution in [3.8, 4) is 0 Å². The SMILES string of the molecule is [O-][S+](/C=C/c1ccc(Cl)cc1)Cc1ccc(C(F)(F)F)cc1. The molecule has 0 N–H and O–H groups in total. The predicted octanol–water partition coefficient (Wildman–Crippen LogP) is 5.28. The molecule has 1 nitrogen and oxygen atoms in total. The summed E-state index contributed by atoms with van der Waals surface area (Å²) in [5.74, 6) is 0.169. The van der Waals surface area contributed by atoms with Crippen LogP contribution in [0.2, 0.25) is 5.02 Å². The van der Waals surface area contributed by atoms with Gasteiger partial charge in [-0.25, -0.2) is 0 Å². The normalized spacial score (nSPS) is 13.5. The molecule has 0 amide bonds. The van der Waals surface area contributed by atoms with E-state index >= 15 is 0 Å². The third-order valence-electron chi connectivity index (χ3n) is 2.87. The van der Waals surface area contributed by atoms with E-state index in [9.17, 15) is 17.7 Å². The van der Waals surface area contributed by atoms with Crippen molar-refractivity contribution in [2.45, 2.75) is 11.9 Å². The summed E-state index contributed by atoms with van der Waals surface area (Å²) < 4.78 is 49.2. The molecule has 1 atom stereocenters. The van der Waals surface area contributed by atoms with Crippen LogP contribution >= 0.6 is 11.6 Å². The molecule has 116 valence electrons. The molecule has 0 saturated heterocycles. The molecule has 0 radical (unpaired) electrons. The van der Waals surface area contributed by atoms with E-state index in [1.807, 2.05) is 0 Å². The number of hydrogen-bond acceptors (Lipinski definition) is 1. The van der Waals surface area contributed by atoms with Gasteiger partial charge in [-0.15, -0.1) is 0 Å². The highest BCUT2D eigenvalue weighted by Gasteiger charge is 2.30. The van der Waals surface area contributed by atoms with Gasteiger partial charge in [0.15, 0.2) is 0 Å². The fourth-order valence-electron chi connectivity index (χ4n) is 1.73. The van der Waals surface area contributed by atoms with Crippen LogP contribution < -0.4 is 0 Å². The third-order valence-corrected chi connectivity index (χ3v) is 4.18. The van der Waals surface area contributed by atoms with Crippen LogP contribution in [0.1, 0.15) is 16.7 Å². The first-order chi connectivity index (χ1) is 10.3. The highest BCUT2D eigenvalue weighted by molar-refractivity contribution is 7.93. The van der Waals surface area contributed by atoms with Crippen LogP contribution in [0, 0.1) is 0 Å². The average Bonchev–Trinajstić information content (AvgIpc) is 2.46. The number of halogens is 4. The van der Waals surface area contributed by atoms with E-state index in [1.54, 1.807) is 30.3 Å². The lowest BCUT2D eigenvalue weighted by atomic mass is 10.1. The highest BCUT2D eigenvalue weighted by atomic mass is 35.5. The van der Waals surface area contributed by atoms with Gasteiger partial charge < -0.3 is 4.55 Å². The molecular formula is C16H12ClF3OS. The maximum Gasteiger partial charge on any atom is 0.416 e. The van der Waals surface area contributed by atoms with E-state index < -0.39 is 22.9 Å². The number of rotatable bonds is 4. The first-order valence-electron chi connectivity index (χ1n) is 6.32. The molecule has 0 heterocycles. The zero-order valence-corrected chi connectivity index (χ0v) is 12.9. The summed E-state index contributed by atoms with van der Waals surface area (Å²) in [5.41, 5.74) is 0.732. The summed E-state index contributed by atoms with van der Waals surface area (Å²) in [5, 5.41) is 2.13. The number of benzene rings is 2. The topological polar surface area (TPSA) is 23.1 Å². The van der Waals surface area contributed by atoms with Gasteiger partial charge in [-0.2, -0.15) is 13.2 Å². The molecule has 2 aromatic rings. The summed E-state index contributed by atoms with van der Waals surface area (Å²) in [4.78, 5) is 0. The van der Waals surface area contributed by atoms with Crippen molar-refractivity contribution in [2.24, 2.45) is 0 Å². The van der Waals surface area contributed by atoms with Crippen molar-refractivity contribution >= 4 is 28.9 Å². The Morgan fingerprint density at radius 2 is 1.59 bits per heavy atom. The van der Waals surface area contributed by atoms with Gasteiger partial charge in [0, 0.05) is 10.6 Å². The molecular weight excluding hydrogens is 333 g/mol. The van der Waals surface area contributed by atoms with E-state index in [0.717, 1.165) is 17.7 Å². The van der Waals surface area contributed by atoms with Gasteiger partial charge in [0.2, 0.25) is 0 Å². The van der Waals surface area contributed by atoms with Crippen LogP contribution in [0.5, 0.6) is 0 Å². The third kappa shape index (κ3) is 5.09. The molecule has 0 bridgehead atoms. The van der Waals surface area contributed by atoms with Crippen LogP contribution in [-0.2, 0) is 23.1 Å². The first-order valence-corrected chi connectivity index (χ1v) is 8.08. The van der Waals surface area contributed by atoms with Gasteiger partial charge in [0.05, 0.1) is 5.56 Å². The summed E-state index contributed by atoms with van der Waals surface area (Å²) in [7, 11) is 0. The van der Waals surface area contributed by atoms with Gasteiger partial charge in [-0.1, -0.05) is 35.9 Å². The standard InChI is InChI=1S/C16H12ClF3OS/c17-15-7-3-12(4-8-15)9-10-22(21)11-13-1-5-14(6-2-13)16(18,19)20/h1-10H,11H2/b10-9+. The summed E-state index contributed by atoms with van der Waals surface area (Å²) >= 11 is 4.46. The van der Waals surface area contributed by atoms with Crippen LogP contribution in [-0.4, -0.2) is 4.55 Å². The summed E-state index contributed by atoms with van der Waals surface area (Å²) in [6.07, 6.45) is -2.66. The van der Waals surface area contributed by atoms with Crippen molar-refractivity contribution in [2.75, 3.05) is 0 Å². The first kappa shape index (κ1) is 16.9. The molecule has 2 rings (SSSR count). The second kappa shape index (κ2) is 7.22. The molecule has 0 saturated carbocycles. The van der Waals surface area contributed by atoms with E-state index in [0.29, 0.717) is 10.6 Å². The van der Waals surface area contributed by atoms with E-state index in [-0.39, 0.29) is 5.75 Å². The smallest absolute Gasteiger partial charge is 0.416 e. The Balaban J connectivity index is 1.97. The lowest BCUT2D eigenvalue weighted by molar-refractivity contribution is -0.137. The Morgan fingerprint density at radius 1 is 1.00 bits per heavy atom. The Labute approximate surface area is 134 Å². The van der Waals surface area contributed by atoms with Gasteiger partial charge in [-0.3, -0.25) is 0 Å². The van der Waals surface area contributed by atoms with Gasteiger partial charge in [0.25, 0.3) is 0 Å². The summed E-state index contributed by atoms with van der Waals surface area (Å²) in [6.45, 7) is 0. The average molecular weight is 345 g/mol. The van der Waals surface area contributed by atoms with Gasteiger partial charge >= 0.3 is 6.18 Å². The molecule has 0 aliphatic rings. The zero-order chi connectivity index (χ0) is 16.2. The van der Waals surface area contributed by atoms with Crippen LogP contribution in [0.4, 0.5) is 13.2 Å². The maximum absolute atomic E-state index is 12.4. The molecule has 0 fully saturated rings. The molecule has 1 unspecified atom stereocenters. The highest BCUT2D eigenvalue weighted by Crippen LogP contribution is 2.29. The predicted molar refractivity (Wildman–Crippen MR) is 83.8 cm³/mol. The van der Waals surface area contributed by atoms with Crippen LogP contribution in [0.25, 0.3) is 6.08 Å². The molecule has 0 aliphatic heterocycles. The number of alkyl halides is 3. The van der Waals surface area contributed by atoms with E-state index in [2.05, 4.69) is 0 Å². The Morgan fingerprint density at radius 3 is 2.14 bits per heavy atom. The van der Waals surface area contributed by atoms with Crippen molar-refractivity contribution in [1.29, 1.82) is 0 Å². The van der Waals surface area contributed by atoms with E-state index in [1.165, 1.54) is 17.5 Å². The van der Waals surface area contributed by atoms with E-state index in [4.69, 9.17) is 11.6 Å². The minimum absolute atomic E-state index is 0.169. The molecule has 0 aromatic heterocycles. The molecule has 6 heteroatoms. The monoisotopic (exact) mass is 344 g/mol. The minimum Gasteiger partial charge on any atom is -0.612 e. The van der Waals surface area contributed by atoms with Crippen LogP contribution in [0.3, 0.4) is 0 Å². The van der Waals surface area contributed by atoms with Crippen molar-refractivity contribution in [3.05, 3.63) is 75.7 Å². The number of hydrogen-bond donors (Lipinski definition) is 0. The molecule has 22 heavy (non-hydrogen) atoms. The molecule has 0 aliphatic carbocycles. The zero-order valence-electron chi connectivity index (χ0n) is 11.3. The quantitative estimate of drug-likeness (QED) is 0.692. The fraction of sp³-hybridized carbons (Fsp3) is 0.125. The largest absolute Gasteiger partial charge is 0.612 e. The second-order valence-corrected chi connectivity index (χ2v) is 6.33. The lowest BCUT2D eigenvalue weighted by Gasteiger charge is -2.09. The second-order valence-electron chi connectivity index (χ2n) is 4.57. The lowest BCUT2D eigenvalue weighted by Crippen LogP contribution is -2.05. The fourth-order valence-corrected chi connectivity index (χ4v) is 2.78. The summed E-state index contributed by atoms with van der Waals surface area (Å²) in [6, 6.07) is 11.7. The molecule has 2 aromatic carbocycles. The van der Waals surface area contributed by atoms with Gasteiger partial charge in [0.1, 0.15) is 11.2 Å². The van der Waals surface area contributed by atoms with Crippen molar-refractivity contribution in [1.82, 2.24) is 0 Å². The maximum atomic E-state index is 12.4. The van der Waals surface area contributed by atoms with Crippen molar-refractivity contribution < 1.29 is 17.7 Å².